The summed E-state index contributed by atoms with van der Waals surface area (Å²) in [4.78, 5) is 14.2. The first-order valence-electron chi connectivity index (χ1n) is 3.66. The van der Waals surface area contributed by atoms with Crippen molar-refractivity contribution < 1.29 is 13.6 Å². The van der Waals surface area contributed by atoms with Crippen molar-refractivity contribution >= 4 is 22.7 Å². The highest BCUT2D eigenvalue weighted by Gasteiger charge is 2.22. The van der Waals surface area contributed by atoms with E-state index in [0.717, 1.165) is 6.07 Å². The van der Waals surface area contributed by atoms with E-state index in [0.29, 0.717) is 0 Å². The second-order valence-corrected chi connectivity index (χ2v) is 2.88. The Bertz CT molecular complexity index is 456. The molecule has 1 heterocycles. The third-order valence-electron chi connectivity index (χ3n) is 1.63. The van der Waals surface area contributed by atoms with Crippen molar-refractivity contribution in [2.75, 3.05) is 5.73 Å². The lowest BCUT2D eigenvalue weighted by Crippen LogP contribution is -2.07. The third-order valence-corrected chi connectivity index (χ3v) is 1.84. The molecule has 78 valence electrons. The molecule has 1 aromatic rings. The first-order chi connectivity index (χ1) is 6.97. The van der Waals surface area contributed by atoms with Crippen LogP contribution in [0, 0.1) is 11.3 Å². The van der Waals surface area contributed by atoms with Crippen LogP contribution in [0.25, 0.3) is 0 Å². The molecule has 15 heavy (non-hydrogen) atoms. The van der Waals surface area contributed by atoms with Crippen LogP contribution in [0.5, 0.6) is 0 Å². The van der Waals surface area contributed by atoms with Gasteiger partial charge in [-0.2, -0.15) is 5.26 Å². The number of alkyl halides is 2. The summed E-state index contributed by atoms with van der Waals surface area (Å²) in [5.41, 5.74) is 3.72. The van der Waals surface area contributed by atoms with Gasteiger partial charge in [-0.1, -0.05) is 0 Å². The molecule has 1 aromatic heterocycles. The van der Waals surface area contributed by atoms with Crippen LogP contribution in [0.3, 0.4) is 0 Å². The molecule has 0 radical (unpaired) electrons. The van der Waals surface area contributed by atoms with Gasteiger partial charge in [-0.15, -0.1) is 0 Å². The predicted molar refractivity (Wildman–Crippen MR) is 48.5 cm³/mol. The van der Waals surface area contributed by atoms with Crippen LogP contribution in [0.2, 0.25) is 0 Å². The molecule has 0 unspecified atom stereocenters. The Balaban J connectivity index is 3.51. The molecule has 2 N–H and O–H groups in total. The van der Waals surface area contributed by atoms with Crippen molar-refractivity contribution in [1.82, 2.24) is 4.98 Å². The van der Waals surface area contributed by atoms with Crippen molar-refractivity contribution in [3.8, 4) is 6.07 Å². The Morgan fingerprint density at radius 3 is 2.67 bits per heavy atom. The van der Waals surface area contributed by atoms with Crippen LogP contribution >= 0.6 is 11.6 Å². The first-order valence-corrected chi connectivity index (χ1v) is 4.03. The lowest BCUT2D eigenvalue weighted by molar-refractivity contribution is 0.106. The minimum absolute atomic E-state index is 0.235. The molecular formula is C8H4ClF2N3O. The fraction of sp³-hybridized carbons (Fsp3) is 0.125. The van der Waals surface area contributed by atoms with E-state index >= 15 is 0 Å². The SMILES string of the molecule is N#Cc1cc(C(=O)Cl)c(C(F)F)c(N)n1. The lowest BCUT2D eigenvalue weighted by Gasteiger charge is -2.07. The minimum atomic E-state index is -2.97. The number of nitriles is 1. The van der Waals surface area contributed by atoms with Gasteiger partial charge >= 0.3 is 0 Å². The highest BCUT2D eigenvalue weighted by Crippen LogP contribution is 2.28. The average molecular weight is 232 g/mol. The van der Waals surface area contributed by atoms with E-state index in [1.807, 2.05) is 0 Å². The monoisotopic (exact) mass is 231 g/mol. The number of pyridine rings is 1. The van der Waals surface area contributed by atoms with Crippen LogP contribution in [-0.2, 0) is 0 Å². The Labute approximate surface area is 88.3 Å². The van der Waals surface area contributed by atoms with E-state index in [9.17, 15) is 13.6 Å². The van der Waals surface area contributed by atoms with Gasteiger partial charge in [-0.25, -0.2) is 13.8 Å². The minimum Gasteiger partial charge on any atom is -0.383 e. The van der Waals surface area contributed by atoms with Crippen LogP contribution in [0.4, 0.5) is 14.6 Å². The van der Waals surface area contributed by atoms with Gasteiger partial charge in [0.25, 0.3) is 11.7 Å². The second-order valence-electron chi connectivity index (χ2n) is 2.54. The lowest BCUT2D eigenvalue weighted by atomic mass is 10.1. The first kappa shape index (κ1) is 11.3. The fourth-order valence-electron chi connectivity index (χ4n) is 1.02. The molecule has 0 amide bonds. The van der Waals surface area contributed by atoms with E-state index in [4.69, 9.17) is 22.6 Å². The maximum Gasteiger partial charge on any atom is 0.268 e. The van der Waals surface area contributed by atoms with Gasteiger partial charge in [-0.3, -0.25) is 4.79 Å². The van der Waals surface area contributed by atoms with Crippen LogP contribution in [0.1, 0.15) is 28.0 Å². The zero-order chi connectivity index (χ0) is 11.6. The molecule has 7 heteroatoms. The number of carbonyl (C=O) groups excluding carboxylic acids is 1. The maximum absolute atomic E-state index is 12.5. The zero-order valence-electron chi connectivity index (χ0n) is 7.17. The molecule has 0 fully saturated rings. The number of aromatic nitrogens is 1. The molecule has 0 saturated heterocycles. The van der Waals surface area contributed by atoms with Crippen LogP contribution in [0.15, 0.2) is 6.07 Å². The van der Waals surface area contributed by atoms with Crippen LogP contribution < -0.4 is 5.73 Å². The Kier molecular flexibility index (Phi) is 3.17. The van der Waals surface area contributed by atoms with E-state index in [1.165, 1.54) is 0 Å². The largest absolute Gasteiger partial charge is 0.383 e. The van der Waals surface area contributed by atoms with E-state index in [1.54, 1.807) is 6.07 Å². The second kappa shape index (κ2) is 4.19. The van der Waals surface area contributed by atoms with E-state index < -0.39 is 28.6 Å². The van der Waals surface area contributed by atoms with E-state index in [2.05, 4.69) is 4.98 Å². The maximum atomic E-state index is 12.5. The fourth-order valence-corrected chi connectivity index (χ4v) is 1.18. The highest BCUT2D eigenvalue weighted by atomic mass is 35.5. The topological polar surface area (TPSA) is 79.8 Å². The Morgan fingerprint density at radius 2 is 2.27 bits per heavy atom. The number of anilines is 1. The molecule has 0 saturated carbocycles. The van der Waals surface area contributed by atoms with Gasteiger partial charge in [-0.05, 0) is 17.7 Å². The Hall–Kier alpha value is -1.74. The standard InChI is InChI=1S/C8H4ClF2N3O/c9-6(15)4-1-3(2-12)14-8(13)5(4)7(10)11/h1,7H,(H2,13,14). The van der Waals surface area contributed by atoms with Gasteiger partial charge in [0.1, 0.15) is 17.6 Å². The Morgan fingerprint density at radius 1 is 1.67 bits per heavy atom. The summed E-state index contributed by atoms with van der Waals surface area (Å²) in [5, 5.41) is 7.39. The van der Waals surface area contributed by atoms with Crippen molar-refractivity contribution in [1.29, 1.82) is 5.26 Å². The van der Waals surface area contributed by atoms with Gasteiger partial charge in [0.2, 0.25) is 0 Å². The molecular weight excluding hydrogens is 228 g/mol. The molecule has 0 aliphatic heterocycles. The summed E-state index contributed by atoms with van der Waals surface area (Å²) in [6, 6.07) is 2.46. The van der Waals surface area contributed by atoms with Crippen molar-refractivity contribution in [3.05, 3.63) is 22.9 Å². The number of hydrogen-bond acceptors (Lipinski definition) is 4. The number of carbonyl (C=O) groups is 1. The number of nitrogen functional groups attached to an aromatic ring is 1. The normalized spacial score (nSPS) is 10.1. The quantitative estimate of drug-likeness (QED) is 0.788. The molecule has 4 nitrogen and oxygen atoms in total. The smallest absolute Gasteiger partial charge is 0.268 e. The summed E-state index contributed by atoms with van der Waals surface area (Å²) in [5.74, 6) is -0.562. The van der Waals surface area contributed by atoms with Gasteiger partial charge in [0.05, 0.1) is 5.56 Å². The predicted octanol–water partition coefficient (Wildman–Crippen LogP) is 1.85. The summed E-state index contributed by atoms with van der Waals surface area (Å²) < 4.78 is 24.9. The average Bonchev–Trinajstić information content (AvgIpc) is 2.15. The zero-order valence-corrected chi connectivity index (χ0v) is 7.92. The van der Waals surface area contributed by atoms with Crippen molar-refractivity contribution in [2.24, 2.45) is 0 Å². The highest BCUT2D eigenvalue weighted by molar-refractivity contribution is 6.68. The van der Waals surface area contributed by atoms with Gasteiger partial charge in [0.15, 0.2) is 0 Å². The molecule has 1 rings (SSSR count). The van der Waals surface area contributed by atoms with Crippen molar-refractivity contribution in [2.45, 2.75) is 6.43 Å². The third kappa shape index (κ3) is 2.19. The van der Waals surface area contributed by atoms with Crippen molar-refractivity contribution in [3.63, 3.8) is 0 Å². The summed E-state index contributed by atoms with van der Waals surface area (Å²) >= 11 is 5.09. The number of halogens is 3. The molecule has 0 aliphatic carbocycles. The number of rotatable bonds is 2. The number of nitrogens with two attached hydrogens (primary N) is 1. The van der Waals surface area contributed by atoms with Crippen LogP contribution in [-0.4, -0.2) is 10.2 Å². The summed E-state index contributed by atoms with van der Waals surface area (Å²) in [6.07, 6.45) is -2.97. The molecule has 0 aromatic carbocycles. The number of hydrogen-bond donors (Lipinski definition) is 1. The molecule has 0 atom stereocenters. The van der Waals surface area contributed by atoms with Gasteiger partial charge < -0.3 is 5.73 Å². The molecule has 0 aliphatic rings. The number of nitrogens with zero attached hydrogens (tertiary/aromatic N) is 2. The van der Waals surface area contributed by atoms with Gasteiger partial charge in [0, 0.05) is 5.56 Å². The molecule has 0 bridgehead atoms. The molecule has 0 spiro atoms. The summed E-state index contributed by atoms with van der Waals surface area (Å²) in [7, 11) is 0. The van der Waals surface area contributed by atoms with E-state index in [-0.39, 0.29) is 5.69 Å². The summed E-state index contributed by atoms with van der Waals surface area (Å²) in [6.45, 7) is 0.